The molecule has 2 fully saturated rings. The van der Waals surface area contributed by atoms with Gasteiger partial charge in [0.2, 0.25) is 5.91 Å². The van der Waals surface area contributed by atoms with Gasteiger partial charge >= 0.3 is 0 Å². The molecule has 0 unspecified atom stereocenters. The maximum atomic E-state index is 12.6. The summed E-state index contributed by atoms with van der Waals surface area (Å²) in [6.07, 6.45) is 9.90. The van der Waals surface area contributed by atoms with E-state index in [2.05, 4.69) is 18.3 Å². The molecule has 30 heavy (non-hydrogen) atoms. The molecular weight excluding hydrogens is 376 g/mol. The molecule has 0 bridgehead atoms. The lowest BCUT2D eigenvalue weighted by Crippen LogP contribution is -2.47. The van der Waals surface area contributed by atoms with Crippen molar-refractivity contribution in [1.29, 1.82) is 0 Å². The third-order valence-electron chi connectivity index (χ3n) is 6.93. The highest BCUT2D eigenvalue weighted by atomic mass is 16.5. The van der Waals surface area contributed by atoms with Crippen LogP contribution < -0.4 is 10.1 Å². The molecule has 1 aromatic rings. The first-order valence-electron chi connectivity index (χ1n) is 11.7. The average Bonchev–Trinajstić information content (AvgIpc) is 2.76. The Morgan fingerprint density at radius 1 is 1.00 bits per heavy atom. The van der Waals surface area contributed by atoms with Crippen molar-refractivity contribution in [2.24, 2.45) is 5.92 Å². The predicted octanol–water partition coefficient (Wildman–Crippen LogP) is 4.46. The van der Waals surface area contributed by atoms with Crippen LogP contribution in [0.2, 0.25) is 0 Å². The highest BCUT2D eigenvalue weighted by Gasteiger charge is 2.25. The number of ether oxygens (including phenoxy) is 1. The van der Waals surface area contributed by atoms with Crippen LogP contribution >= 0.6 is 0 Å². The Kier molecular flexibility index (Phi) is 8.17. The molecule has 1 aromatic carbocycles. The minimum Gasteiger partial charge on any atom is -0.483 e. The third-order valence-corrected chi connectivity index (χ3v) is 6.93. The van der Waals surface area contributed by atoms with Gasteiger partial charge in [0.05, 0.1) is 0 Å². The van der Waals surface area contributed by atoms with Crippen molar-refractivity contribution in [3.63, 3.8) is 0 Å². The molecule has 1 aliphatic heterocycles. The van der Waals surface area contributed by atoms with Gasteiger partial charge in [0.1, 0.15) is 5.75 Å². The van der Waals surface area contributed by atoms with Crippen molar-refractivity contribution >= 4 is 11.8 Å². The topological polar surface area (TPSA) is 58.6 Å². The first-order valence-corrected chi connectivity index (χ1v) is 11.7. The molecule has 0 spiro atoms. The maximum Gasteiger partial charge on any atom is 0.260 e. The zero-order valence-electron chi connectivity index (χ0n) is 19.0. The average molecular weight is 415 g/mol. The number of piperidine rings is 1. The van der Waals surface area contributed by atoms with Crippen LogP contribution in [0.5, 0.6) is 5.75 Å². The lowest BCUT2D eigenvalue weighted by molar-refractivity contribution is -0.134. The van der Waals surface area contributed by atoms with E-state index in [1.165, 1.54) is 37.7 Å². The SMILES string of the molecule is Cc1ccc(C)c(OCC(=O)N2CCC(NC(=O)CCC3CCCCC3)CC2)c1C. The molecule has 1 heterocycles. The number of rotatable bonds is 7. The maximum absolute atomic E-state index is 12.6. The van der Waals surface area contributed by atoms with Gasteiger partial charge in [-0.25, -0.2) is 0 Å². The number of likely N-dealkylation sites (tertiary alicyclic amines) is 1. The monoisotopic (exact) mass is 414 g/mol. The summed E-state index contributed by atoms with van der Waals surface area (Å²) in [6, 6.07) is 4.30. The molecule has 1 aliphatic carbocycles. The second-order valence-corrected chi connectivity index (χ2v) is 9.21. The van der Waals surface area contributed by atoms with Gasteiger partial charge in [0, 0.05) is 25.6 Å². The second kappa shape index (κ2) is 10.8. The fraction of sp³-hybridized carbons (Fsp3) is 0.680. The molecule has 5 heteroatoms. The van der Waals surface area contributed by atoms with E-state index in [0.29, 0.717) is 19.5 Å². The quantitative estimate of drug-likeness (QED) is 0.717. The lowest BCUT2D eigenvalue weighted by atomic mass is 9.86. The number of nitrogens with zero attached hydrogens (tertiary/aromatic N) is 1. The normalized spacial score (nSPS) is 18.3. The molecule has 2 aliphatic rings. The zero-order chi connectivity index (χ0) is 21.5. The minimum atomic E-state index is 0.0254. The standard InChI is InChI=1S/C25H38N2O3/c1-18-9-10-19(2)25(20(18)3)30-17-24(29)27-15-13-22(14-16-27)26-23(28)12-11-21-7-5-4-6-8-21/h9-10,21-22H,4-8,11-17H2,1-3H3,(H,26,28). The summed E-state index contributed by atoms with van der Waals surface area (Å²) in [5.41, 5.74) is 3.32. The summed E-state index contributed by atoms with van der Waals surface area (Å²) in [7, 11) is 0. The number of benzene rings is 1. The molecule has 5 nitrogen and oxygen atoms in total. The molecule has 166 valence electrons. The molecule has 1 saturated carbocycles. The Balaban J connectivity index is 1.37. The van der Waals surface area contributed by atoms with E-state index in [0.717, 1.165) is 42.1 Å². The molecule has 2 amide bonds. The van der Waals surface area contributed by atoms with E-state index >= 15 is 0 Å². The highest BCUT2D eigenvalue weighted by molar-refractivity contribution is 5.78. The van der Waals surface area contributed by atoms with E-state index in [1.807, 2.05) is 24.8 Å². The first-order chi connectivity index (χ1) is 14.4. The van der Waals surface area contributed by atoms with Crippen LogP contribution in [0, 0.1) is 26.7 Å². The van der Waals surface area contributed by atoms with Crippen LogP contribution in [0.3, 0.4) is 0 Å². The van der Waals surface area contributed by atoms with Crippen LogP contribution in [0.1, 0.15) is 74.5 Å². The van der Waals surface area contributed by atoms with Crippen molar-refractivity contribution in [3.05, 3.63) is 28.8 Å². The van der Waals surface area contributed by atoms with Crippen molar-refractivity contribution < 1.29 is 14.3 Å². The van der Waals surface area contributed by atoms with Gasteiger partial charge in [-0.3, -0.25) is 9.59 Å². The van der Waals surface area contributed by atoms with Crippen LogP contribution in [0.4, 0.5) is 0 Å². The zero-order valence-corrected chi connectivity index (χ0v) is 19.0. The number of hydrogen-bond donors (Lipinski definition) is 1. The number of amides is 2. The van der Waals surface area contributed by atoms with E-state index in [1.54, 1.807) is 0 Å². The lowest BCUT2D eigenvalue weighted by Gasteiger charge is -2.32. The van der Waals surface area contributed by atoms with E-state index in [9.17, 15) is 9.59 Å². The molecule has 1 N–H and O–H groups in total. The van der Waals surface area contributed by atoms with Gasteiger partial charge in [0.15, 0.2) is 6.61 Å². The van der Waals surface area contributed by atoms with Crippen LogP contribution in [0.15, 0.2) is 12.1 Å². The Morgan fingerprint density at radius 2 is 1.67 bits per heavy atom. The fourth-order valence-electron chi connectivity index (χ4n) is 4.76. The van der Waals surface area contributed by atoms with Crippen molar-refractivity contribution in [1.82, 2.24) is 10.2 Å². The number of carbonyl (C=O) groups is 2. The van der Waals surface area contributed by atoms with Gasteiger partial charge in [0.25, 0.3) is 5.91 Å². The second-order valence-electron chi connectivity index (χ2n) is 9.21. The Labute approximate surface area is 181 Å². The Hall–Kier alpha value is -2.04. The Bertz CT molecular complexity index is 732. The summed E-state index contributed by atoms with van der Waals surface area (Å²) < 4.78 is 5.88. The van der Waals surface area contributed by atoms with Crippen LogP contribution in [-0.4, -0.2) is 42.5 Å². The molecular formula is C25H38N2O3. The molecule has 0 atom stereocenters. The van der Waals surface area contributed by atoms with E-state index in [4.69, 9.17) is 4.74 Å². The Morgan fingerprint density at radius 3 is 2.37 bits per heavy atom. The van der Waals surface area contributed by atoms with Gasteiger partial charge in [-0.1, -0.05) is 44.2 Å². The van der Waals surface area contributed by atoms with Crippen LogP contribution in [0.25, 0.3) is 0 Å². The summed E-state index contributed by atoms with van der Waals surface area (Å²) in [4.78, 5) is 26.8. The molecule has 0 aromatic heterocycles. The number of carbonyl (C=O) groups excluding carboxylic acids is 2. The smallest absolute Gasteiger partial charge is 0.260 e. The molecule has 0 radical (unpaired) electrons. The summed E-state index contributed by atoms with van der Waals surface area (Å²) in [5, 5.41) is 3.19. The van der Waals surface area contributed by atoms with Gasteiger partial charge in [-0.15, -0.1) is 0 Å². The minimum absolute atomic E-state index is 0.0254. The molecule has 1 saturated heterocycles. The predicted molar refractivity (Wildman–Crippen MR) is 120 cm³/mol. The number of nitrogens with one attached hydrogen (secondary N) is 1. The van der Waals surface area contributed by atoms with Gasteiger partial charge in [-0.05, 0) is 62.6 Å². The highest BCUT2D eigenvalue weighted by Crippen LogP contribution is 2.27. The number of hydrogen-bond acceptors (Lipinski definition) is 3. The van der Waals surface area contributed by atoms with Crippen molar-refractivity contribution in [2.75, 3.05) is 19.7 Å². The summed E-state index contributed by atoms with van der Waals surface area (Å²) >= 11 is 0. The van der Waals surface area contributed by atoms with E-state index in [-0.39, 0.29) is 24.5 Å². The number of aryl methyl sites for hydroxylation is 2. The van der Waals surface area contributed by atoms with Gasteiger partial charge < -0.3 is 15.0 Å². The third kappa shape index (κ3) is 6.23. The molecule has 3 rings (SSSR count). The first kappa shape index (κ1) is 22.6. The van der Waals surface area contributed by atoms with Gasteiger partial charge in [-0.2, -0.15) is 0 Å². The van der Waals surface area contributed by atoms with E-state index < -0.39 is 0 Å². The van der Waals surface area contributed by atoms with Crippen molar-refractivity contribution in [3.8, 4) is 5.75 Å². The van der Waals surface area contributed by atoms with Crippen molar-refractivity contribution in [2.45, 2.75) is 84.6 Å². The summed E-state index contributed by atoms with van der Waals surface area (Å²) in [6.45, 7) is 7.53. The van der Waals surface area contributed by atoms with Crippen LogP contribution in [-0.2, 0) is 9.59 Å². The largest absolute Gasteiger partial charge is 0.483 e. The fourth-order valence-corrected chi connectivity index (χ4v) is 4.76. The summed E-state index contributed by atoms with van der Waals surface area (Å²) in [5.74, 6) is 1.77.